The summed E-state index contributed by atoms with van der Waals surface area (Å²) in [5.74, 6) is 0.497. The first-order valence-electron chi connectivity index (χ1n) is 14.2. The summed E-state index contributed by atoms with van der Waals surface area (Å²) in [6.45, 7) is 4.14. The van der Waals surface area contributed by atoms with Crippen LogP contribution in [-0.4, -0.2) is 51.0 Å². The number of amides is 1. The predicted molar refractivity (Wildman–Crippen MR) is 172 cm³/mol. The number of aromatic amines is 1. The molecule has 0 fully saturated rings. The Kier molecular flexibility index (Phi) is 9.33. The molecule has 5 rings (SSSR count). The molecule has 10 nitrogen and oxygen atoms in total. The minimum Gasteiger partial charge on any atom is -0.493 e. The first kappa shape index (κ1) is 30.7. The van der Waals surface area contributed by atoms with Gasteiger partial charge >= 0.3 is 5.97 Å². The maximum Gasteiger partial charge on any atom is 0.343 e. The predicted octanol–water partition coefficient (Wildman–Crippen LogP) is 6.55. The first-order chi connectivity index (χ1) is 21.9. The molecule has 1 amide bonds. The highest BCUT2D eigenvalue weighted by atomic mass is 16.6. The van der Waals surface area contributed by atoms with Crippen LogP contribution in [-0.2, 0) is 0 Å². The van der Waals surface area contributed by atoms with Gasteiger partial charge in [0.15, 0.2) is 23.0 Å². The van der Waals surface area contributed by atoms with Crippen LogP contribution in [0.4, 0.5) is 0 Å². The number of benzene rings is 4. The molecular weight excluding hydrogens is 574 g/mol. The van der Waals surface area contributed by atoms with Crippen molar-refractivity contribution >= 4 is 29.0 Å². The van der Waals surface area contributed by atoms with Crippen LogP contribution >= 0.6 is 0 Å². The molecule has 0 radical (unpaired) electrons. The fourth-order valence-electron chi connectivity index (χ4n) is 4.98. The van der Waals surface area contributed by atoms with E-state index < -0.39 is 5.97 Å². The molecule has 0 unspecified atom stereocenters. The highest BCUT2D eigenvalue weighted by molar-refractivity contribution is 6.10. The summed E-state index contributed by atoms with van der Waals surface area (Å²) >= 11 is 0. The number of esters is 1. The summed E-state index contributed by atoms with van der Waals surface area (Å²) in [6, 6.07) is 23.7. The van der Waals surface area contributed by atoms with E-state index in [9.17, 15) is 9.59 Å². The molecule has 1 heterocycles. The molecular formula is C35H33N3O7. The number of methoxy groups -OCH3 is 3. The van der Waals surface area contributed by atoms with Crippen LogP contribution in [0.2, 0.25) is 0 Å². The maximum atomic E-state index is 13.4. The molecule has 0 aliphatic heterocycles. The Bertz CT molecular complexity index is 1850. The fraction of sp³-hybridized carbons (Fsp3) is 0.171. The normalized spacial score (nSPS) is 11.0. The van der Waals surface area contributed by atoms with E-state index in [1.807, 2.05) is 62.4 Å². The Labute approximate surface area is 260 Å². The van der Waals surface area contributed by atoms with E-state index in [0.717, 1.165) is 27.6 Å². The lowest BCUT2D eigenvalue weighted by atomic mass is 10.0. The van der Waals surface area contributed by atoms with E-state index in [2.05, 4.69) is 15.5 Å². The average Bonchev–Trinajstić information content (AvgIpc) is 3.46. The van der Waals surface area contributed by atoms with E-state index in [4.69, 9.17) is 23.7 Å². The van der Waals surface area contributed by atoms with Crippen molar-refractivity contribution in [2.24, 2.45) is 5.10 Å². The average molecular weight is 608 g/mol. The van der Waals surface area contributed by atoms with Crippen molar-refractivity contribution < 1.29 is 33.3 Å². The van der Waals surface area contributed by atoms with Crippen LogP contribution in [0.3, 0.4) is 0 Å². The number of carbonyl (C=O) groups is 2. The molecule has 45 heavy (non-hydrogen) atoms. The van der Waals surface area contributed by atoms with Crippen LogP contribution in [0.25, 0.3) is 22.0 Å². The van der Waals surface area contributed by atoms with Gasteiger partial charge in [-0.15, -0.1) is 0 Å². The first-order valence-corrected chi connectivity index (χ1v) is 14.2. The van der Waals surface area contributed by atoms with Crippen molar-refractivity contribution in [1.29, 1.82) is 0 Å². The van der Waals surface area contributed by atoms with Crippen molar-refractivity contribution in [3.63, 3.8) is 0 Å². The van der Waals surface area contributed by atoms with Gasteiger partial charge in [0.2, 0.25) is 5.75 Å². The Morgan fingerprint density at radius 1 is 0.844 bits per heavy atom. The molecule has 1 aromatic heterocycles. The summed E-state index contributed by atoms with van der Waals surface area (Å²) in [5, 5.41) is 5.14. The second-order valence-corrected chi connectivity index (χ2v) is 9.88. The lowest BCUT2D eigenvalue weighted by molar-refractivity contribution is 0.0727. The summed E-state index contributed by atoms with van der Waals surface area (Å²) in [5.41, 5.74) is 7.49. The molecule has 0 saturated carbocycles. The van der Waals surface area contributed by atoms with Crippen LogP contribution in [0.5, 0.6) is 28.7 Å². The maximum absolute atomic E-state index is 13.4. The standard InChI is InChI=1S/C35H33N3O7/c1-6-44-27-17-22(15-16-26(27)45-35(40)24-18-28(41-3)33(43-5)29(19-24)42-4)20-36-38-34(39)32-30(23-12-8-7-9-13-23)25-14-10-11-21(2)31(25)37-32/h7-20,37H,6H2,1-5H3,(H,38,39). The monoisotopic (exact) mass is 607 g/mol. The SMILES string of the molecule is CCOc1cc(C=NNC(=O)c2[nH]c3c(C)cccc3c2-c2ccccc2)ccc1OC(=O)c1cc(OC)c(OC)c(OC)c1. The number of carbonyl (C=O) groups excluding carboxylic acids is 2. The van der Waals surface area contributed by atoms with Gasteiger partial charge in [-0.3, -0.25) is 4.79 Å². The molecule has 4 aromatic carbocycles. The number of aromatic nitrogens is 1. The zero-order chi connectivity index (χ0) is 31.9. The second-order valence-electron chi connectivity index (χ2n) is 9.88. The largest absolute Gasteiger partial charge is 0.493 e. The smallest absolute Gasteiger partial charge is 0.343 e. The van der Waals surface area contributed by atoms with Gasteiger partial charge in [-0.25, -0.2) is 10.2 Å². The van der Waals surface area contributed by atoms with Crippen molar-refractivity contribution in [1.82, 2.24) is 10.4 Å². The Hall–Kier alpha value is -5.77. The third-order valence-corrected chi connectivity index (χ3v) is 7.08. The fourth-order valence-corrected chi connectivity index (χ4v) is 4.98. The molecule has 0 spiro atoms. The Balaban J connectivity index is 1.36. The number of nitrogens with one attached hydrogen (secondary N) is 2. The number of ether oxygens (including phenoxy) is 5. The zero-order valence-electron chi connectivity index (χ0n) is 25.6. The van der Waals surface area contributed by atoms with Gasteiger partial charge in [0.1, 0.15) is 5.69 Å². The molecule has 5 aromatic rings. The van der Waals surface area contributed by atoms with Gasteiger partial charge in [0, 0.05) is 16.5 Å². The van der Waals surface area contributed by atoms with Gasteiger partial charge in [-0.2, -0.15) is 5.10 Å². The minimum atomic E-state index is -0.647. The molecule has 0 aliphatic carbocycles. The van der Waals surface area contributed by atoms with Crippen LogP contribution in [0.1, 0.15) is 38.9 Å². The third-order valence-electron chi connectivity index (χ3n) is 7.08. The zero-order valence-corrected chi connectivity index (χ0v) is 25.6. The van der Waals surface area contributed by atoms with Crippen molar-refractivity contribution in [2.45, 2.75) is 13.8 Å². The number of para-hydroxylation sites is 1. The lowest BCUT2D eigenvalue weighted by Crippen LogP contribution is -2.19. The number of rotatable bonds is 11. The van der Waals surface area contributed by atoms with E-state index in [1.54, 1.807) is 18.2 Å². The topological polar surface area (TPSA) is 120 Å². The van der Waals surface area contributed by atoms with Gasteiger partial charge in [-0.1, -0.05) is 48.5 Å². The Morgan fingerprint density at radius 2 is 1.58 bits per heavy atom. The quantitative estimate of drug-likeness (QED) is 0.0756. The molecule has 230 valence electrons. The summed E-state index contributed by atoms with van der Waals surface area (Å²) < 4.78 is 27.4. The number of hydrazone groups is 1. The van der Waals surface area contributed by atoms with Gasteiger partial charge in [0.05, 0.1) is 39.7 Å². The summed E-state index contributed by atoms with van der Waals surface area (Å²) in [6.07, 6.45) is 1.49. The number of fused-ring (bicyclic) bond motifs is 1. The lowest BCUT2D eigenvalue weighted by Gasteiger charge is -2.15. The van der Waals surface area contributed by atoms with Crippen molar-refractivity contribution in [2.75, 3.05) is 27.9 Å². The highest BCUT2D eigenvalue weighted by Gasteiger charge is 2.21. The number of hydrogen-bond acceptors (Lipinski definition) is 8. The molecule has 0 aliphatic rings. The summed E-state index contributed by atoms with van der Waals surface area (Å²) in [7, 11) is 4.41. The van der Waals surface area contributed by atoms with Crippen molar-refractivity contribution in [3.05, 3.63) is 101 Å². The molecule has 0 bridgehead atoms. The molecule has 2 N–H and O–H groups in total. The highest BCUT2D eigenvalue weighted by Crippen LogP contribution is 2.39. The van der Waals surface area contributed by atoms with Gasteiger partial charge in [0.25, 0.3) is 5.91 Å². The third kappa shape index (κ3) is 6.45. The van der Waals surface area contributed by atoms with Crippen molar-refractivity contribution in [3.8, 4) is 39.9 Å². The van der Waals surface area contributed by atoms with E-state index in [-0.39, 0.29) is 17.2 Å². The van der Waals surface area contributed by atoms with Crippen LogP contribution < -0.4 is 29.1 Å². The van der Waals surface area contributed by atoms with E-state index in [0.29, 0.717) is 40.9 Å². The number of hydrogen-bond donors (Lipinski definition) is 2. The number of nitrogens with zero attached hydrogens (tertiary/aromatic N) is 1. The van der Waals surface area contributed by atoms with Crippen LogP contribution in [0.15, 0.2) is 84.0 Å². The molecule has 0 saturated heterocycles. The van der Waals surface area contributed by atoms with Gasteiger partial charge in [-0.05, 0) is 60.9 Å². The number of H-pyrrole nitrogens is 1. The van der Waals surface area contributed by atoms with E-state index in [1.165, 1.54) is 39.7 Å². The second kappa shape index (κ2) is 13.7. The van der Waals surface area contributed by atoms with Gasteiger partial charge < -0.3 is 28.7 Å². The van der Waals surface area contributed by atoms with E-state index >= 15 is 0 Å². The minimum absolute atomic E-state index is 0.197. The molecule has 10 heteroatoms. The number of aryl methyl sites for hydroxylation is 1. The Morgan fingerprint density at radius 3 is 2.24 bits per heavy atom. The van der Waals surface area contributed by atoms with Crippen LogP contribution in [0, 0.1) is 6.92 Å². The summed E-state index contributed by atoms with van der Waals surface area (Å²) in [4.78, 5) is 29.7. The molecule has 0 atom stereocenters.